The Hall–Kier alpha value is -4.81. The molecule has 0 aliphatic carbocycles. The Labute approximate surface area is 251 Å². The maximum atomic E-state index is 13.4. The van der Waals surface area contributed by atoms with Crippen LogP contribution in [0.2, 0.25) is 0 Å². The summed E-state index contributed by atoms with van der Waals surface area (Å²) in [5.74, 6) is -2.87. The van der Waals surface area contributed by atoms with Crippen LogP contribution in [0.1, 0.15) is 40.5 Å². The first-order valence-corrected chi connectivity index (χ1v) is 14.3. The van der Waals surface area contributed by atoms with Crippen LogP contribution in [0, 0.1) is 0 Å². The van der Waals surface area contributed by atoms with Gasteiger partial charge in [0.25, 0.3) is 17.6 Å². The second kappa shape index (κ2) is 12.4. The lowest BCUT2D eigenvalue weighted by molar-refractivity contribution is -0.186. The maximum Gasteiger partial charge on any atom is 0.471 e. The highest BCUT2D eigenvalue weighted by molar-refractivity contribution is 6.45. The van der Waals surface area contributed by atoms with Crippen molar-refractivity contribution in [3.05, 3.63) is 78.3 Å². The fourth-order valence-corrected chi connectivity index (χ4v) is 5.75. The topological polar surface area (TPSA) is 118 Å². The number of piperazine rings is 1. The molecule has 2 aliphatic heterocycles. The number of alkyl halides is 3. The molecule has 5 rings (SSSR count). The van der Waals surface area contributed by atoms with E-state index in [1.165, 1.54) is 11.1 Å². The van der Waals surface area contributed by atoms with Crippen LogP contribution in [-0.2, 0) is 9.59 Å². The molecular weight excluding hydrogens is 577 g/mol. The summed E-state index contributed by atoms with van der Waals surface area (Å²) >= 11 is 0. The molecule has 2 saturated heterocycles. The second-order valence-corrected chi connectivity index (χ2v) is 11.0. The lowest BCUT2D eigenvalue weighted by Crippen LogP contribution is -2.56. The number of ketones is 1. The van der Waals surface area contributed by atoms with E-state index in [0.717, 1.165) is 4.90 Å². The average Bonchev–Trinajstić information content (AvgIpc) is 3.45. The minimum absolute atomic E-state index is 0.0218. The molecule has 3 amide bonds. The van der Waals surface area contributed by atoms with Gasteiger partial charge in [-0.05, 0) is 38.0 Å². The van der Waals surface area contributed by atoms with E-state index in [1.54, 1.807) is 47.4 Å². The minimum Gasteiger partial charge on any atom is -0.369 e. The lowest BCUT2D eigenvalue weighted by atomic mass is 10.0. The third-order valence-electron chi connectivity index (χ3n) is 8.04. The normalized spacial score (nSPS) is 17.8. The van der Waals surface area contributed by atoms with E-state index in [4.69, 9.17) is 0 Å². The number of aromatic amines is 1. The zero-order chi connectivity index (χ0) is 31.6. The number of halogens is 3. The number of rotatable bonds is 7. The number of Topliss-reactive ketones (excluding diaryl/α,β-unsaturated/α-hetero) is 1. The Morgan fingerprint density at radius 1 is 0.932 bits per heavy atom. The van der Waals surface area contributed by atoms with E-state index >= 15 is 0 Å². The van der Waals surface area contributed by atoms with E-state index in [9.17, 15) is 32.3 Å². The predicted octanol–water partition coefficient (Wildman–Crippen LogP) is 3.75. The lowest BCUT2D eigenvalue weighted by Gasteiger charge is -2.39. The fourth-order valence-electron chi connectivity index (χ4n) is 5.75. The van der Waals surface area contributed by atoms with Gasteiger partial charge >= 0.3 is 12.1 Å². The van der Waals surface area contributed by atoms with Crippen LogP contribution in [0.5, 0.6) is 0 Å². The predicted molar refractivity (Wildman–Crippen MR) is 158 cm³/mol. The van der Waals surface area contributed by atoms with Crippen LogP contribution in [0.25, 0.3) is 10.9 Å². The zero-order valence-corrected chi connectivity index (χ0v) is 24.1. The summed E-state index contributed by atoms with van der Waals surface area (Å²) in [5.41, 5.74) is 1.93. The van der Waals surface area contributed by atoms with Crippen LogP contribution >= 0.6 is 0 Å². The van der Waals surface area contributed by atoms with Gasteiger partial charge in [-0.3, -0.25) is 19.2 Å². The summed E-state index contributed by atoms with van der Waals surface area (Å²) in [6, 6.07) is 13.6. The van der Waals surface area contributed by atoms with Gasteiger partial charge in [0.05, 0.1) is 22.6 Å². The van der Waals surface area contributed by atoms with E-state index in [1.807, 2.05) is 13.0 Å². The molecule has 0 radical (unpaired) electrons. The molecule has 2 aromatic carbocycles. The number of fused-ring (bicyclic) bond motifs is 1. The van der Waals surface area contributed by atoms with E-state index in [2.05, 4.69) is 22.2 Å². The molecule has 3 aromatic rings. The molecule has 13 heteroatoms. The summed E-state index contributed by atoms with van der Waals surface area (Å²) in [6.45, 7) is 6.58. The molecule has 0 saturated carbocycles. The van der Waals surface area contributed by atoms with Crippen molar-refractivity contribution in [3.63, 3.8) is 0 Å². The van der Waals surface area contributed by atoms with Crippen LogP contribution in [0.4, 0.5) is 18.9 Å². The van der Waals surface area contributed by atoms with Crippen LogP contribution in [-0.4, -0.2) is 94.2 Å². The van der Waals surface area contributed by atoms with Gasteiger partial charge in [0.2, 0.25) is 0 Å². The molecule has 10 nitrogen and oxygen atoms in total. The van der Waals surface area contributed by atoms with Crippen LogP contribution < -0.4 is 10.6 Å². The number of piperidine rings is 1. The monoisotopic (exact) mass is 610 g/mol. The number of H-pyrrole nitrogens is 1. The van der Waals surface area contributed by atoms with Gasteiger partial charge in [0.1, 0.15) is 0 Å². The second-order valence-electron chi connectivity index (χ2n) is 11.0. The number of para-hydroxylation sites is 1. The molecule has 2 aliphatic rings. The van der Waals surface area contributed by atoms with Crippen molar-refractivity contribution in [2.75, 3.05) is 38.0 Å². The number of hydrogen-bond acceptors (Lipinski definition) is 6. The molecule has 1 atom stereocenters. The first-order chi connectivity index (χ1) is 20.9. The number of likely N-dealkylation sites (tertiary alicyclic amines) is 1. The van der Waals surface area contributed by atoms with E-state index in [0.29, 0.717) is 53.9 Å². The third-order valence-corrected chi connectivity index (χ3v) is 8.04. The maximum absolute atomic E-state index is 13.4. The standard InChI is InChI=1S/C31H33F3N6O4/c1-19-18-39(28(42)21-7-4-3-5-8-21)15-16-40(19)29(43)27(41)24-17-35-26-23(24)9-6-10-25(26)37-20(2)36-22-11-13-38(14-12-22)30(44)31(32,33)34/h3-10,17,19,22,35-37H,2,11-16,18H2,1H3/t19-/m1/s1. The van der Waals surface area contributed by atoms with Crippen molar-refractivity contribution in [3.8, 4) is 0 Å². The summed E-state index contributed by atoms with van der Waals surface area (Å²) < 4.78 is 38.2. The van der Waals surface area contributed by atoms with Crippen LogP contribution in [0.15, 0.2) is 67.1 Å². The molecule has 3 heterocycles. The summed E-state index contributed by atoms with van der Waals surface area (Å²) in [6.07, 6.45) is -2.76. The van der Waals surface area contributed by atoms with Crippen molar-refractivity contribution in [1.29, 1.82) is 0 Å². The zero-order valence-electron chi connectivity index (χ0n) is 24.1. The quantitative estimate of drug-likeness (QED) is 0.277. The van der Waals surface area contributed by atoms with Crippen LogP contribution in [0.3, 0.4) is 0 Å². The van der Waals surface area contributed by atoms with E-state index in [-0.39, 0.29) is 43.2 Å². The Morgan fingerprint density at radius 3 is 2.30 bits per heavy atom. The largest absolute Gasteiger partial charge is 0.471 e. The molecule has 232 valence electrons. The number of hydrogen-bond donors (Lipinski definition) is 3. The van der Waals surface area contributed by atoms with Gasteiger partial charge in [-0.2, -0.15) is 13.2 Å². The van der Waals surface area contributed by atoms with Gasteiger partial charge in [0, 0.05) is 62.0 Å². The third kappa shape index (κ3) is 6.41. The first-order valence-electron chi connectivity index (χ1n) is 14.3. The average molecular weight is 611 g/mol. The molecule has 0 unspecified atom stereocenters. The summed E-state index contributed by atoms with van der Waals surface area (Å²) in [5, 5.41) is 6.82. The van der Waals surface area contributed by atoms with Gasteiger partial charge in [-0.25, -0.2) is 0 Å². The van der Waals surface area contributed by atoms with Gasteiger partial charge in [-0.1, -0.05) is 36.9 Å². The SMILES string of the molecule is C=C(Nc1cccc2c(C(=O)C(=O)N3CCN(C(=O)c4ccccc4)C[C@H]3C)c[nH]c12)NC1CCN(C(=O)C(F)(F)F)CC1. The number of carbonyl (C=O) groups is 4. The Morgan fingerprint density at radius 2 is 1.64 bits per heavy atom. The molecule has 2 fully saturated rings. The van der Waals surface area contributed by atoms with Crippen molar-refractivity contribution >= 4 is 40.1 Å². The first kappa shape index (κ1) is 30.6. The van der Waals surface area contributed by atoms with E-state index < -0.39 is 23.8 Å². The smallest absolute Gasteiger partial charge is 0.369 e. The van der Waals surface area contributed by atoms with Gasteiger partial charge in [0.15, 0.2) is 0 Å². The van der Waals surface area contributed by atoms with Crippen molar-refractivity contribution in [1.82, 2.24) is 25.0 Å². The minimum atomic E-state index is -4.89. The molecular formula is C31H33F3N6O4. The number of carbonyl (C=O) groups excluding carboxylic acids is 4. The van der Waals surface area contributed by atoms with Gasteiger partial charge in [-0.15, -0.1) is 0 Å². The summed E-state index contributed by atoms with van der Waals surface area (Å²) in [7, 11) is 0. The Bertz CT molecular complexity index is 1580. The van der Waals surface area contributed by atoms with Gasteiger partial charge < -0.3 is 30.3 Å². The molecule has 44 heavy (non-hydrogen) atoms. The molecule has 1 aromatic heterocycles. The number of nitrogens with zero attached hydrogens (tertiary/aromatic N) is 3. The Balaban J connectivity index is 1.19. The molecule has 0 spiro atoms. The number of anilines is 1. The highest BCUT2D eigenvalue weighted by atomic mass is 19.4. The molecule has 3 N–H and O–H groups in total. The number of aromatic nitrogens is 1. The number of benzene rings is 2. The summed E-state index contributed by atoms with van der Waals surface area (Å²) in [4.78, 5) is 58.1. The van der Waals surface area contributed by atoms with Crippen molar-refractivity contribution in [2.24, 2.45) is 0 Å². The van der Waals surface area contributed by atoms with Crippen molar-refractivity contribution < 1.29 is 32.3 Å². The number of nitrogens with one attached hydrogen (secondary N) is 3. The number of amides is 3. The highest BCUT2D eigenvalue weighted by Crippen LogP contribution is 2.28. The Kier molecular flexibility index (Phi) is 8.66. The highest BCUT2D eigenvalue weighted by Gasteiger charge is 2.43. The van der Waals surface area contributed by atoms with Crippen molar-refractivity contribution in [2.45, 2.75) is 38.0 Å². The molecule has 0 bridgehead atoms. The fraction of sp³-hybridized carbons (Fsp3) is 0.355.